The van der Waals surface area contributed by atoms with Crippen molar-refractivity contribution in [2.75, 3.05) is 0 Å². The summed E-state index contributed by atoms with van der Waals surface area (Å²) in [7, 11) is 0. The molecule has 0 spiro atoms. The van der Waals surface area contributed by atoms with E-state index < -0.39 is 0 Å². The van der Waals surface area contributed by atoms with Crippen molar-refractivity contribution in [2.24, 2.45) is 0 Å². The first-order chi connectivity index (χ1) is 7.75. The first kappa shape index (κ1) is 10.4. The van der Waals surface area contributed by atoms with Crippen molar-refractivity contribution >= 4 is 5.97 Å². The van der Waals surface area contributed by atoms with Gasteiger partial charge >= 0.3 is 5.97 Å². The van der Waals surface area contributed by atoms with Gasteiger partial charge in [0.25, 0.3) is 0 Å². The molecule has 0 fully saturated rings. The molecule has 0 bridgehead atoms. The van der Waals surface area contributed by atoms with Crippen molar-refractivity contribution < 1.29 is 9.53 Å². The summed E-state index contributed by atoms with van der Waals surface area (Å²) in [5.41, 5.74) is 1.90. The molecule has 0 saturated carbocycles. The molecule has 0 saturated heterocycles. The van der Waals surface area contributed by atoms with Crippen LogP contribution in [0.25, 0.3) is 11.3 Å². The summed E-state index contributed by atoms with van der Waals surface area (Å²) in [6.45, 7) is 1.37. The van der Waals surface area contributed by atoms with Gasteiger partial charge in [-0.05, 0) is 12.1 Å². The summed E-state index contributed by atoms with van der Waals surface area (Å²) in [4.78, 5) is 14.9. The number of pyridine rings is 1. The predicted octanol–water partition coefficient (Wildman–Crippen LogP) is 2.67. The molecular weight excluding hydrogens is 202 g/mol. The number of nitrogens with zero attached hydrogens (tertiary/aromatic N) is 1. The number of carbonyl (C=O) groups is 1. The molecule has 0 aliphatic carbocycles. The fourth-order valence-corrected chi connectivity index (χ4v) is 1.39. The fourth-order valence-electron chi connectivity index (χ4n) is 1.39. The van der Waals surface area contributed by atoms with E-state index in [0.717, 1.165) is 11.3 Å². The molecule has 0 amide bonds. The number of aromatic nitrogens is 1. The Bertz CT molecular complexity index is 477. The lowest BCUT2D eigenvalue weighted by atomic mass is 10.1. The highest BCUT2D eigenvalue weighted by molar-refractivity contribution is 5.69. The van der Waals surface area contributed by atoms with Crippen molar-refractivity contribution in [1.82, 2.24) is 4.98 Å². The Morgan fingerprint density at radius 3 is 2.44 bits per heavy atom. The molecule has 3 nitrogen and oxygen atoms in total. The molecule has 0 unspecified atom stereocenters. The Hall–Kier alpha value is -2.16. The average Bonchev–Trinajstić information content (AvgIpc) is 2.30. The van der Waals surface area contributed by atoms with Crippen molar-refractivity contribution in [3.63, 3.8) is 0 Å². The van der Waals surface area contributed by atoms with Crippen molar-refractivity contribution in [3.8, 4) is 17.0 Å². The number of benzene rings is 1. The zero-order valence-electron chi connectivity index (χ0n) is 8.88. The number of esters is 1. The molecular formula is C13H11NO2. The lowest BCUT2D eigenvalue weighted by Gasteiger charge is -2.02. The third kappa shape index (κ3) is 2.45. The molecule has 0 aliphatic rings. The average molecular weight is 213 g/mol. The minimum atomic E-state index is -0.339. The molecule has 3 heteroatoms. The van der Waals surface area contributed by atoms with E-state index in [1.54, 1.807) is 12.3 Å². The molecule has 1 aromatic carbocycles. The summed E-state index contributed by atoms with van der Waals surface area (Å²) in [6.07, 6.45) is 1.55. The molecule has 1 aromatic heterocycles. The molecule has 16 heavy (non-hydrogen) atoms. The van der Waals surface area contributed by atoms with Crippen LogP contribution in [0.5, 0.6) is 5.75 Å². The van der Waals surface area contributed by atoms with E-state index in [0.29, 0.717) is 5.75 Å². The molecule has 0 N–H and O–H groups in total. The van der Waals surface area contributed by atoms with Gasteiger partial charge in [-0.1, -0.05) is 30.3 Å². The fraction of sp³-hybridized carbons (Fsp3) is 0.0769. The molecule has 80 valence electrons. The van der Waals surface area contributed by atoms with Gasteiger partial charge in [0.15, 0.2) is 0 Å². The van der Waals surface area contributed by atoms with E-state index in [4.69, 9.17) is 4.74 Å². The minimum absolute atomic E-state index is 0.339. The largest absolute Gasteiger partial charge is 0.425 e. The van der Waals surface area contributed by atoms with Gasteiger partial charge in [-0.3, -0.25) is 9.78 Å². The highest BCUT2D eigenvalue weighted by Crippen LogP contribution is 2.18. The van der Waals surface area contributed by atoms with E-state index in [2.05, 4.69) is 4.98 Å². The number of rotatable bonds is 2. The Balaban J connectivity index is 2.23. The number of hydrogen-bond donors (Lipinski definition) is 0. The highest BCUT2D eigenvalue weighted by atomic mass is 16.5. The molecule has 0 atom stereocenters. The van der Waals surface area contributed by atoms with Crippen LogP contribution < -0.4 is 4.74 Å². The third-order valence-electron chi connectivity index (χ3n) is 2.07. The second-order valence-corrected chi connectivity index (χ2v) is 3.34. The quantitative estimate of drug-likeness (QED) is 0.720. The van der Waals surface area contributed by atoms with Crippen molar-refractivity contribution in [2.45, 2.75) is 6.92 Å². The molecule has 0 aliphatic heterocycles. The Morgan fingerprint density at radius 2 is 1.88 bits per heavy atom. The summed E-state index contributed by atoms with van der Waals surface area (Å²) in [5, 5.41) is 0. The van der Waals surface area contributed by atoms with Crippen LogP contribution in [0.1, 0.15) is 6.92 Å². The van der Waals surface area contributed by atoms with Crippen molar-refractivity contribution in [1.29, 1.82) is 0 Å². The van der Waals surface area contributed by atoms with Gasteiger partial charge in [0.1, 0.15) is 5.75 Å². The third-order valence-corrected chi connectivity index (χ3v) is 2.07. The smallest absolute Gasteiger partial charge is 0.308 e. The van der Waals surface area contributed by atoms with Gasteiger partial charge in [-0.15, -0.1) is 0 Å². The number of carbonyl (C=O) groups excluding carboxylic acids is 1. The van der Waals surface area contributed by atoms with Crippen LogP contribution in [-0.2, 0) is 4.79 Å². The number of hydrogen-bond acceptors (Lipinski definition) is 3. The Morgan fingerprint density at radius 1 is 1.12 bits per heavy atom. The van der Waals surface area contributed by atoms with E-state index in [1.807, 2.05) is 36.4 Å². The minimum Gasteiger partial charge on any atom is -0.425 e. The van der Waals surface area contributed by atoms with Gasteiger partial charge in [-0.2, -0.15) is 0 Å². The molecule has 2 rings (SSSR count). The SMILES string of the molecule is CC(=O)Oc1ccc(-c2ccccc2)nc1. The van der Waals surface area contributed by atoms with E-state index in [-0.39, 0.29) is 5.97 Å². The normalized spacial score (nSPS) is 9.81. The predicted molar refractivity (Wildman–Crippen MR) is 61.0 cm³/mol. The van der Waals surface area contributed by atoms with E-state index >= 15 is 0 Å². The summed E-state index contributed by atoms with van der Waals surface area (Å²) < 4.78 is 4.90. The standard InChI is InChI=1S/C13H11NO2/c1-10(15)16-12-7-8-13(14-9-12)11-5-3-2-4-6-11/h2-9H,1H3. The first-order valence-electron chi connectivity index (χ1n) is 4.95. The van der Waals surface area contributed by atoms with E-state index in [1.165, 1.54) is 6.92 Å². The van der Waals surface area contributed by atoms with Crippen LogP contribution in [0.2, 0.25) is 0 Å². The van der Waals surface area contributed by atoms with Crippen molar-refractivity contribution in [3.05, 3.63) is 48.7 Å². The molecule has 1 heterocycles. The lowest BCUT2D eigenvalue weighted by Crippen LogP contribution is -2.01. The monoisotopic (exact) mass is 213 g/mol. The van der Waals surface area contributed by atoms with Crippen LogP contribution >= 0.6 is 0 Å². The van der Waals surface area contributed by atoms with Crippen LogP contribution in [-0.4, -0.2) is 11.0 Å². The van der Waals surface area contributed by atoms with E-state index in [9.17, 15) is 4.79 Å². The van der Waals surface area contributed by atoms with Crippen LogP contribution in [0.15, 0.2) is 48.7 Å². The van der Waals surface area contributed by atoms with Gasteiger partial charge in [0, 0.05) is 12.5 Å². The van der Waals surface area contributed by atoms with Crippen LogP contribution in [0.4, 0.5) is 0 Å². The molecule has 2 aromatic rings. The zero-order chi connectivity index (χ0) is 11.4. The maximum absolute atomic E-state index is 10.7. The second kappa shape index (κ2) is 4.57. The first-order valence-corrected chi connectivity index (χ1v) is 4.95. The maximum atomic E-state index is 10.7. The van der Waals surface area contributed by atoms with Crippen LogP contribution in [0, 0.1) is 0 Å². The topological polar surface area (TPSA) is 39.2 Å². The van der Waals surface area contributed by atoms with Gasteiger partial charge in [0.2, 0.25) is 0 Å². The summed E-state index contributed by atoms with van der Waals surface area (Å²) >= 11 is 0. The highest BCUT2D eigenvalue weighted by Gasteiger charge is 2.00. The lowest BCUT2D eigenvalue weighted by molar-refractivity contribution is -0.131. The van der Waals surface area contributed by atoms with Gasteiger partial charge in [-0.25, -0.2) is 0 Å². The molecule has 0 radical (unpaired) electrons. The van der Waals surface area contributed by atoms with Crippen LogP contribution in [0.3, 0.4) is 0 Å². The Labute approximate surface area is 93.7 Å². The van der Waals surface area contributed by atoms with Gasteiger partial charge < -0.3 is 4.74 Å². The second-order valence-electron chi connectivity index (χ2n) is 3.34. The number of ether oxygens (including phenoxy) is 1. The Kier molecular flexibility index (Phi) is 2.96. The summed E-state index contributed by atoms with van der Waals surface area (Å²) in [6, 6.07) is 13.4. The maximum Gasteiger partial charge on any atom is 0.308 e. The van der Waals surface area contributed by atoms with Gasteiger partial charge in [0.05, 0.1) is 11.9 Å². The zero-order valence-corrected chi connectivity index (χ0v) is 8.88. The summed E-state index contributed by atoms with van der Waals surface area (Å²) in [5.74, 6) is 0.126.